The zero-order valence-corrected chi connectivity index (χ0v) is 10.4. The highest BCUT2D eigenvalue weighted by Gasteiger charge is 2.16. The van der Waals surface area contributed by atoms with Crippen LogP contribution < -0.4 is 0 Å². The van der Waals surface area contributed by atoms with E-state index in [2.05, 4.69) is 46.6 Å². The van der Waals surface area contributed by atoms with Crippen LogP contribution >= 0.6 is 15.9 Å². The number of nitrogens with zero attached hydrogens (tertiary/aromatic N) is 2. The number of hydrogen-bond donors (Lipinski definition) is 0. The first-order valence-electron chi connectivity index (χ1n) is 4.81. The maximum atomic E-state index is 3.47. The Balaban J connectivity index is 2.48. The van der Waals surface area contributed by atoms with E-state index in [1.807, 2.05) is 0 Å². The van der Waals surface area contributed by atoms with Crippen molar-refractivity contribution in [3.63, 3.8) is 0 Å². The molecule has 0 radical (unpaired) electrons. The van der Waals surface area contributed by atoms with Crippen molar-refractivity contribution < 1.29 is 0 Å². The van der Waals surface area contributed by atoms with E-state index in [1.54, 1.807) is 0 Å². The van der Waals surface area contributed by atoms with E-state index in [4.69, 9.17) is 0 Å². The topological polar surface area (TPSA) is 6.48 Å². The molecule has 0 bridgehead atoms. The molecule has 13 heavy (non-hydrogen) atoms. The van der Waals surface area contributed by atoms with Crippen LogP contribution in [0.15, 0.2) is 11.3 Å². The molecule has 0 saturated heterocycles. The molecule has 0 aromatic rings. The van der Waals surface area contributed by atoms with Gasteiger partial charge in [-0.15, -0.1) is 0 Å². The van der Waals surface area contributed by atoms with Crippen LogP contribution in [0.3, 0.4) is 0 Å². The van der Waals surface area contributed by atoms with Crippen molar-refractivity contribution >= 4 is 15.9 Å². The molecule has 0 spiro atoms. The summed E-state index contributed by atoms with van der Waals surface area (Å²) in [4.78, 5) is 4.82. The van der Waals surface area contributed by atoms with Gasteiger partial charge in [-0.3, -0.25) is 4.90 Å². The number of alkyl halides is 1. The monoisotopic (exact) mass is 246 g/mol. The molecule has 0 aromatic heterocycles. The molecular formula is C10H19BrN2. The zero-order chi connectivity index (χ0) is 9.84. The maximum Gasteiger partial charge on any atom is 0.0703 e. The molecule has 0 saturated carbocycles. The molecule has 0 aliphatic carbocycles. The van der Waals surface area contributed by atoms with Crippen molar-refractivity contribution in [3.05, 3.63) is 11.3 Å². The van der Waals surface area contributed by atoms with Gasteiger partial charge in [0.25, 0.3) is 0 Å². The van der Waals surface area contributed by atoms with Gasteiger partial charge in [0.05, 0.1) is 6.67 Å². The second kappa shape index (κ2) is 5.01. The number of allylic oxidation sites excluding steroid dienone is 1. The minimum atomic E-state index is 1.08. The molecule has 2 nitrogen and oxygen atoms in total. The van der Waals surface area contributed by atoms with E-state index in [1.165, 1.54) is 24.2 Å². The largest absolute Gasteiger partial charge is 0.365 e. The third-order valence-corrected chi connectivity index (χ3v) is 3.23. The Kier molecular flexibility index (Phi) is 4.26. The predicted molar refractivity (Wildman–Crippen MR) is 61.0 cm³/mol. The molecule has 0 fully saturated rings. The van der Waals surface area contributed by atoms with E-state index >= 15 is 0 Å². The Bertz CT molecular complexity index is 201. The van der Waals surface area contributed by atoms with Gasteiger partial charge in [0.1, 0.15) is 0 Å². The summed E-state index contributed by atoms with van der Waals surface area (Å²) in [6.45, 7) is 7.85. The van der Waals surface area contributed by atoms with E-state index in [0.29, 0.717) is 0 Å². The maximum absolute atomic E-state index is 3.47. The Hall–Kier alpha value is -0.0200. The van der Waals surface area contributed by atoms with Gasteiger partial charge in [-0.2, -0.15) is 0 Å². The SMILES string of the molecule is CC1=C(C)N(C)CN(CCCBr)C1. The molecular weight excluding hydrogens is 228 g/mol. The fourth-order valence-electron chi connectivity index (χ4n) is 1.66. The summed E-state index contributed by atoms with van der Waals surface area (Å²) in [5, 5.41) is 1.11. The third kappa shape index (κ3) is 2.99. The number of hydrogen-bond acceptors (Lipinski definition) is 2. The van der Waals surface area contributed by atoms with Crippen LogP contribution in [0.25, 0.3) is 0 Å². The molecule has 1 rings (SSSR count). The quantitative estimate of drug-likeness (QED) is 0.706. The average Bonchev–Trinajstić information content (AvgIpc) is 2.10. The second-order valence-electron chi connectivity index (χ2n) is 3.80. The summed E-state index contributed by atoms with van der Waals surface area (Å²) in [6, 6.07) is 0. The lowest BCUT2D eigenvalue weighted by atomic mass is 10.2. The summed E-state index contributed by atoms with van der Waals surface area (Å²) in [5.74, 6) is 0. The molecule has 0 amide bonds. The van der Waals surface area contributed by atoms with E-state index in [9.17, 15) is 0 Å². The molecule has 0 unspecified atom stereocenters. The van der Waals surface area contributed by atoms with Gasteiger partial charge in [-0.1, -0.05) is 15.9 Å². The van der Waals surface area contributed by atoms with Crippen molar-refractivity contribution in [1.82, 2.24) is 9.80 Å². The minimum Gasteiger partial charge on any atom is -0.365 e. The van der Waals surface area contributed by atoms with Gasteiger partial charge in [-0.05, 0) is 25.8 Å². The molecule has 0 N–H and O–H groups in total. The fourth-order valence-corrected chi connectivity index (χ4v) is 1.92. The van der Waals surface area contributed by atoms with E-state index in [0.717, 1.165) is 18.5 Å². The first kappa shape index (κ1) is 11.1. The normalized spacial score (nSPS) is 19.8. The van der Waals surface area contributed by atoms with Crippen molar-refractivity contribution in [1.29, 1.82) is 0 Å². The standard InChI is InChI=1S/C10H19BrN2/c1-9-7-13(6-4-5-11)8-12(3)10(9)2/h4-8H2,1-3H3. The van der Waals surface area contributed by atoms with Gasteiger partial charge in [-0.25, -0.2) is 0 Å². The summed E-state index contributed by atoms with van der Waals surface area (Å²) < 4.78 is 0. The number of rotatable bonds is 3. The average molecular weight is 247 g/mol. The fraction of sp³-hybridized carbons (Fsp3) is 0.800. The molecule has 1 aliphatic heterocycles. The third-order valence-electron chi connectivity index (χ3n) is 2.67. The summed E-state index contributed by atoms with van der Waals surface area (Å²) in [5.41, 5.74) is 2.94. The first-order valence-corrected chi connectivity index (χ1v) is 5.93. The van der Waals surface area contributed by atoms with Gasteiger partial charge in [0.15, 0.2) is 0 Å². The number of halogens is 1. The molecule has 0 aromatic carbocycles. The Morgan fingerprint density at radius 2 is 2.08 bits per heavy atom. The lowest BCUT2D eigenvalue weighted by molar-refractivity contribution is 0.171. The van der Waals surface area contributed by atoms with Gasteiger partial charge >= 0.3 is 0 Å². The van der Waals surface area contributed by atoms with Crippen molar-refractivity contribution in [2.45, 2.75) is 20.3 Å². The van der Waals surface area contributed by atoms with Crippen LogP contribution in [0, 0.1) is 0 Å². The Morgan fingerprint density at radius 3 is 2.62 bits per heavy atom. The van der Waals surface area contributed by atoms with Crippen LogP contribution in [-0.4, -0.2) is 41.9 Å². The molecule has 1 aliphatic rings. The smallest absolute Gasteiger partial charge is 0.0703 e. The van der Waals surface area contributed by atoms with E-state index in [-0.39, 0.29) is 0 Å². The van der Waals surface area contributed by atoms with Gasteiger partial charge in [0, 0.05) is 31.2 Å². The van der Waals surface area contributed by atoms with E-state index < -0.39 is 0 Å². The second-order valence-corrected chi connectivity index (χ2v) is 4.59. The molecule has 0 atom stereocenters. The van der Waals surface area contributed by atoms with Crippen molar-refractivity contribution in [2.75, 3.05) is 32.1 Å². The van der Waals surface area contributed by atoms with Gasteiger partial charge in [0.2, 0.25) is 0 Å². The molecule has 3 heteroatoms. The minimum absolute atomic E-state index is 1.08. The molecule has 1 heterocycles. The predicted octanol–water partition coefficient (Wildman–Crippen LogP) is 2.27. The Labute approximate surface area is 89.7 Å². The lowest BCUT2D eigenvalue weighted by Gasteiger charge is -2.36. The highest BCUT2D eigenvalue weighted by atomic mass is 79.9. The summed E-state index contributed by atoms with van der Waals surface area (Å²) >= 11 is 3.47. The Morgan fingerprint density at radius 1 is 1.38 bits per heavy atom. The highest BCUT2D eigenvalue weighted by Crippen LogP contribution is 2.16. The van der Waals surface area contributed by atoms with Crippen molar-refractivity contribution in [3.8, 4) is 0 Å². The highest BCUT2D eigenvalue weighted by molar-refractivity contribution is 9.09. The lowest BCUT2D eigenvalue weighted by Crippen LogP contribution is -2.41. The van der Waals surface area contributed by atoms with Crippen molar-refractivity contribution in [2.24, 2.45) is 0 Å². The summed E-state index contributed by atoms with van der Waals surface area (Å²) in [7, 11) is 2.17. The van der Waals surface area contributed by atoms with Crippen LogP contribution in [0.1, 0.15) is 20.3 Å². The molecule has 76 valence electrons. The van der Waals surface area contributed by atoms with Crippen LogP contribution in [0.5, 0.6) is 0 Å². The zero-order valence-electron chi connectivity index (χ0n) is 8.81. The van der Waals surface area contributed by atoms with Crippen LogP contribution in [-0.2, 0) is 0 Å². The first-order chi connectivity index (χ1) is 6.15. The van der Waals surface area contributed by atoms with Crippen LogP contribution in [0.2, 0.25) is 0 Å². The summed E-state index contributed by atoms with van der Waals surface area (Å²) in [6.07, 6.45) is 1.24. The van der Waals surface area contributed by atoms with Gasteiger partial charge < -0.3 is 4.90 Å². The van der Waals surface area contributed by atoms with Crippen LogP contribution in [0.4, 0.5) is 0 Å².